The Morgan fingerprint density at radius 3 is 2.53 bits per heavy atom. The van der Waals surface area contributed by atoms with Gasteiger partial charge in [-0.1, -0.05) is 30.3 Å². The molecule has 2 amide bonds. The zero-order chi connectivity index (χ0) is 23.1. The van der Waals surface area contributed by atoms with Crippen LogP contribution in [0.15, 0.2) is 63.8 Å². The van der Waals surface area contributed by atoms with Crippen molar-refractivity contribution in [3.8, 4) is 5.75 Å². The zero-order valence-electron chi connectivity index (χ0n) is 17.3. The minimum absolute atomic E-state index is 0.122. The van der Waals surface area contributed by atoms with Gasteiger partial charge in [-0.25, -0.2) is 9.59 Å². The zero-order valence-corrected chi connectivity index (χ0v) is 17.3. The molecule has 0 fully saturated rings. The largest absolute Gasteiger partial charge is 0.484 e. The molecular weight excluding hydrogens is 416 g/mol. The topological polar surface area (TPSA) is 135 Å². The van der Waals surface area contributed by atoms with Gasteiger partial charge in [-0.05, 0) is 30.2 Å². The van der Waals surface area contributed by atoms with Gasteiger partial charge < -0.3 is 24.9 Å². The van der Waals surface area contributed by atoms with Gasteiger partial charge in [0, 0.05) is 23.9 Å². The number of amides is 2. The Hall–Kier alpha value is -4.14. The number of benzene rings is 2. The molecule has 0 saturated carbocycles. The second-order valence-corrected chi connectivity index (χ2v) is 7.12. The molecule has 1 aromatic heterocycles. The third-order valence-corrected chi connectivity index (χ3v) is 4.65. The summed E-state index contributed by atoms with van der Waals surface area (Å²) in [5.41, 5.74) is 1.38. The molecule has 0 aliphatic rings. The predicted molar refractivity (Wildman–Crippen MR) is 115 cm³/mol. The third kappa shape index (κ3) is 6.18. The molecule has 0 bridgehead atoms. The number of nitrogens with one attached hydrogen (secondary N) is 2. The maximum absolute atomic E-state index is 12.1. The Kier molecular flexibility index (Phi) is 7.22. The van der Waals surface area contributed by atoms with Crippen LogP contribution in [0.5, 0.6) is 5.75 Å². The molecule has 0 aliphatic heterocycles. The summed E-state index contributed by atoms with van der Waals surface area (Å²) in [6, 6.07) is 14.0. The van der Waals surface area contributed by atoms with E-state index in [1.54, 1.807) is 43.3 Å². The summed E-state index contributed by atoms with van der Waals surface area (Å²) in [5.74, 6) is -2.06. The van der Waals surface area contributed by atoms with Crippen LogP contribution in [0.25, 0.3) is 11.0 Å². The second kappa shape index (κ2) is 10.3. The van der Waals surface area contributed by atoms with Crippen molar-refractivity contribution >= 4 is 28.8 Å². The van der Waals surface area contributed by atoms with Gasteiger partial charge >= 0.3 is 11.6 Å². The van der Waals surface area contributed by atoms with Crippen LogP contribution in [-0.4, -0.2) is 42.1 Å². The van der Waals surface area contributed by atoms with Gasteiger partial charge in [-0.15, -0.1) is 0 Å². The molecular formula is C23H22N2O7. The molecule has 0 radical (unpaired) electrons. The first-order valence-electron chi connectivity index (χ1n) is 9.82. The summed E-state index contributed by atoms with van der Waals surface area (Å²) in [7, 11) is 0. The molecule has 2 aromatic carbocycles. The Bertz CT molecular complexity index is 1190. The van der Waals surface area contributed by atoms with Crippen molar-refractivity contribution in [1.82, 2.24) is 10.6 Å². The number of fused-ring (bicyclic) bond motifs is 1. The van der Waals surface area contributed by atoms with Crippen molar-refractivity contribution < 1.29 is 28.6 Å². The van der Waals surface area contributed by atoms with E-state index >= 15 is 0 Å². The van der Waals surface area contributed by atoms with Crippen LogP contribution in [-0.2, 0) is 20.8 Å². The van der Waals surface area contributed by atoms with E-state index in [0.29, 0.717) is 11.3 Å². The predicted octanol–water partition coefficient (Wildman–Crippen LogP) is 1.41. The normalized spacial score (nSPS) is 11.5. The molecule has 166 valence electrons. The Morgan fingerprint density at radius 1 is 1.06 bits per heavy atom. The van der Waals surface area contributed by atoms with Crippen molar-refractivity contribution in [1.29, 1.82) is 0 Å². The van der Waals surface area contributed by atoms with E-state index in [1.807, 2.05) is 6.07 Å². The molecule has 9 heteroatoms. The van der Waals surface area contributed by atoms with Crippen LogP contribution in [0, 0.1) is 6.92 Å². The molecule has 0 saturated heterocycles. The van der Waals surface area contributed by atoms with Crippen LogP contribution in [0.2, 0.25) is 0 Å². The third-order valence-electron chi connectivity index (χ3n) is 4.65. The lowest BCUT2D eigenvalue weighted by molar-refractivity contribution is -0.141. The van der Waals surface area contributed by atoms with E-state index in [0.717, 1.165) is 16.5 Å². The Balaban J connectivity index is 1.48. The maximum atomic E-state index is 12.1. The highest BCUT2D eigenvalue weighted by atomic mass is 16.5. The summed E-state index contributed by atoms with van der Waals surface area (Å²) in [6.45, 7) is 1.01. The summed E-state index contributed by atoms with van der Waals surface area (Å²) >= 11 is 0. The second-order valence-electron chi connectivity index (χ2n) is 7.12. The average Bonchev–Trinajstić information content (AvgIpc) is 2.76. The maximum Gasteiger partial charge on any atom is 0.336 e. The SMILES string of the molecule is Cc1cc(=O)oc2cc(OCC(=O)NCC(=O)NC(Cc3ccccc3)C(=O)O)ccc12. The number of aliphatic carboxylic acids is 1. The number of hydrogen-bond acceptors (Lipinski definition) is 6. The molecule has 1 unspecified atom stereocenters. The summed E-state index contributed by atoms with van der Waals surface area (Å²) < 4.78 is 10.5. The summed E-state index contributed by atoms with van der Waals surface area (Å²) in [5, 5.41) is 14.8. The molecule has 0 spiro atoms. The lowest BCUT2D eigenvalue weighted by Gasteiger charge is -2.15. The van der Waals surface area contributed by atoms with Crippen molar-refractivity contribution in [2.75, 3.05) is 13.2 Å². The van der Waals surface area contributed by atoms with Crippen molar-refractivity contribution in [3.63, 3.8) is 0 Å². The lowest BCUT2D eigenvalue weighted by atomic mass is 10.1. The van der Waals surface area contributed by atoms with E-state index in [4.69, 9.17) is 9.15 Å². The fraction of sp³-hybridized carbons (Fsp3) is 0.217. The van der Waals surface area contributed by atoms with Gasteiger partial charge in [0.15, 0.2) is 6.61 Å². The fourth-order valence-electron chi connectivity index (χ4n) is 3.07. The Labute approximate surface area is 183 Å². The summed E-state index contributed by atoms with van der Waals surface area (Å²) in [4.78, 5) is 47.0. The monoisotopic (exact) mass is 438 g/mol. The van der Waals surface area contributed by atoms with Crippen molar-refractivity contribution in [3.05, 3.63) is 76.1 Å². The number of carboxylic acid groups (broad SMARTS) is 1. The number of ether oxygens (including phenoxy) is 1. The van der Waals surface area contributed by atoms with Crippen LogP contribution in [0.1, 0.15) is 11.1 Å². The first-order chi connectivity index (χ1) is 15.3. The van der Waals surface area contributed by atoms with E-state index < -0.39 is 36.0 Å². The minimum Gasteiger partial charge on any atom is -0.484 e. The molecule has 3 N–H and O–H groups in total. The van der Waals surface area contributed by atoms with Gasteiger partial charge in [0.05, 0.1) is 6.54 Å². The summed E-state index contributed by atoms with van der Waals surface area (Å²) in [6.07, 6.45) is 0.122. The minimum atomic E-state index is -1.17. The molecule has 1 heterocycles. The number of carbonyl (C=O) groups excluding carboxylic acids is 2. The van der Waals surface area contributed by atoms with Crippen LogP contribution < -0.4 is 21.0 Å². The van der Waals surface area contributed by atoms with E-state index in [9.17, 15) is 24.3 Å². The molecule has 9 nitrogen and oxygen atoms in total. The first-order valence-corrected chi connectivity index (χ1v) is 9.82. The number of hydrogen-bond donors (Lipinski definition) is 3. The van der Waals surface area contributed by atoms with Crippen molar-refractivity contribution in [2.45, 2.75) is 19.4 Å². The van der Waals surface area contributed by atoms with E-state index in [-0.39, 0.29) is 13.0 Å². The van der Waals surface area contributed by atoms with Crippen LogP contribution >= 0.6 is 0 Å². The lowest BCUT2D eigenvalue weighted by Crippen LogP contribution is -2.47. The highest BCUT2D eigenvalue weighted by Gasteiger charge is 2.20. The van der Waals surface area contributed by atoms with E-state index in [2.05, 4.69) is 10.6 Å². The molecule has 32 heavy (non-hydrogen) atoms. The smallest absolute Gasteiger partial charge is 0.336 e. The fourth-order valence-corrected chi connectivity index (χ4v) is 3.07. The average molecular weight is 438 g/mol. The number of aryl methyl sites for hydroxylation is 1. The standard InChI is InChI=1S/C23H22N2O7/c1-14-9-22(28)32-19-11-16(7-8-17(14)19)31-13-21(27)24-12-20(26)25-18(23(29)30)10-15-5-3-2-4-6-15/h2-9,11,18H,10,12-13H2,1H3,(H,24,27)(H,25,26)(H,29,30). The number of carboxylic acids is 1. The molecule has 3 rings (SSSR count). The van der Waals surface area contributed by atoms with E-state index in [1.165, 1.54) is 12.1 Å². The van der Waals surface area contributed by atoms with Gasteiger partial charge in [-0.3, -0.25) is 9.59 Å². The van der Waals surface area contributed by atoms with Gasteiger partial charge in [-0.2, -0.15) is 0 Å². The van der Waals surface area contributed by atoms with Crippen LogP contribution in [0.3, 0.4) is 0 Å². The quantitative estimate of drug-likeness (QED) is 0.430. The van der Waals surface area contributed by atoms with Gasteiger partial charge in [0.25, 0.3) is 5.91 Å². The number of carbonyl (C=O) groups is 3. The highest BCUT2D eigenvalue weighted by Crippen LogP contribution is 2.22. The molecule has 3 aromatic rings. The first kappa shape index (κ1) is 22.5. The Morgan fingerprint density at radius 2 is 1.81 bits per heavy atom. The van der Waals surface area contributed by atoms with Gasteiger partial charge in [0.2, 0.25) is 5.91 Å². The van der Waals surface area contributed by atoms with Crippen LogP contribution in [0.4, 0.5) is 0 Å². The number of rotatable bonds is 9. The van der Waals surface area contributed by atoms with Crippen molar-refractivity contribution in [2.24, 2.45) is 0 Å². The molecule has 0 aliphatic carbocycles. The molecule has 1 atom stereocenters. The van der Waals surface area contributed by atoms with Gasteiger partial charge in [0.1, 0.15) is 17.4 Å². The highest BCUT2D eigenvalue weighted by molar-refractivity contribution is 5.88.